The summed E-state index contributed by atoms with van der Waals surface area (Å²) in [5, 5.41) is 5.26. The van der Waals surface area contributed by atoms with Gasteiger partial charge in [0.05, 0.1) is 11.7 Å². The van der Waals surface area contributed by atoms with Crippen molar-refractivity contribution in [3.8, 4) is 0 Å². The third kappa shape index (κ3) is 4.59. The molecule has 0 fully saturated rings. The van der Waals surface area contributed by atoms with Crippen molar-refractivity contribution in [2.75, 3.05) is 5.32 Å². The molecule has 0 aliphatic carbocycles. The summed E-state index contributed by atoms with van der Waals surface area (Å²) >= 11 is 1.44. The van der Waals surface area contributed by atoms with Crippen LogP contribution in [0.15, 0.2) is 5.38 Å². The van der Waals surface area contributed by atoms with E-state index < -0.39 is 6.04 Å². The molecule has 0 bridgehead atoms. The Balaban J connectivity index is 0.00000196. The van der Waals surface area contributed by atoms with Crippen LogP contribution in [0.3, 0.4) is 0 Å². The summed E-state index contributed by atoms with van der Waals surface area (Å²) in [6.45, 7) is 3.75. The molecule has 0 radical (unpaired) electrons. The monoisotopic (exact) mass is 249 g/mol. The number of nitrogens with one attached hydrogen (secondary N) is 1. The molecule has 1 atom stereocenters. The number of amides is 1. The number of carbonyl (C=O) groups is 1. The summed E-state index contributed by atoms with van der Waals surface area (Å²) in [7, 11) is 0. The standard InChI is InChI=1S/C9H15N3OS.ClH/c1-3-4-7-5-14-9(11-7)12-8(13)6(2)10;/h5-6H,3-4,10H2,1-2H3,(H,11,12,13);1H/t6-;/m1./s1. The van der Waals surface area contributed by atoms with E-state index in [2.05, 4.69) is 17.2 Å². The largest absolute Gasteiger partial charge is 0.320 e. The zero-order chi connectivity index (χ0) is 10.6. The molecule has 1 aromatic heterocycles. The second kappa shape index (κ2) is 6.76. The molecule has 0 saturated heterocycles. The predicted octanol–water partition coefficient (Wildman–Crippen LogP) is 1.80. The van der Waals surface area contributed by atoms with Crippen LogP contribution in [0.4, 0.5) is 5.13 Å². The molecule has 6 heteroatoms. The average Bonchev–Trinajstić information content (AvgIpc) is 2.53. The van der Waals surface area contributed by atoms with Crippen LogP contribution in [0.5, 0.6) is 0 Å². The average molecular weight is 250 g/mol. The fourth-order valence-electron chi connectivity index (χ4n) is 0.955. The third-order valence-electron chi connectivity index (χ3n) is 1.70. The second-order valence-electron chi connectivity index (χ2n) is 3.17. The highest BCUT2D eigenvalue weighted by Gasteiger charge is 2.09. The Kier molecular flexibility index (Phi) is 6.47. The Morgan fingerprint density at radius 2 is 2.40 bits per heavy atom. The molecule has 1 aromatic rings. The van der Waals surface area contributed by atoms with Gasteiger partial charge in [-0.15, -0.1) is 23.7 Å². The molecule has 0 aliphatic rings. The van der Waals surface area contributed by atoms with Gasteiger partial charge < -0.3 is 11.1 Å². The van der Waals surface area contributed by atoms with Gasteiger partial charge in [0.25, 0.3) is 0 Å². The lowest BCUT2D eigenvalue weighted by Gasteiger charge is -2.03. The molecule has 0 aliphatic heterocycles. The number of carbonyl (C=O) groups excluding carboxylic acids is 1. The maximum atomic E-state index is 11.2. The van der Waals surface area contributed by atoms with E-state index >= 15 is 0 Å². The van der Waals surface area contributed by atoms with E-state index in [0.29, 0.717) is 5.13 Å². The molecule has 4 nitrogen and oxygen atoms in total. The fourth-order valence-corrected chi connectivity index (χ4v) is 1.70. The van der Waals surface area contributed by atoms with Crippen LogP contribution in [0.2, 0.25) is 0 Å². The number of rotatable bonds is 4. The maximum absolute atomic E-state index is 11.2. The van der Waals surface area contributed by atoms with Crippen LogP contribution in [0.1, 0.15) is 26.0 Å². The highest BCUT2D eigenvalue weighted by atomic mass is 35.5. The minimum absolute atomic E-state index is 0. The Hall–Kier alpha value is -0.650. The van der Waals surface area contributed by atoms with Crippen LogP contribution in [-0.2, 0) is 11.2 Å². The number of halogens is 1. The second-order valence-corrected chi connectivity index (χ2v) is 4.03. The Labute approximate surface area is 99.7 Å². The van der Waals surface area contributed by atoms with Gasteiger partial charge in [-0.2, -0.15) is 0 Å². The van der Waals surface area contributed by atoms with Gasteiger partial charge >= 0.3 is 0 Å². The number of nitrogens with two attached hydrogens (primary N) is 1. The first-order chi connectivity index (χ1) is 6.63. The highest BCUT2D eigenvalue weighted by Crippen LogP contribution is 2.16. The molecule has 1 heterocycles. The van der Waals surface area contributed by atoms with Crippen molar-refractivity contribution in [3.63, 3.8) is 0 Å². The van der Waals surface area contributed by atoms with E-state index in [4.69, 9.17) is 5.73 Å². The molecule has 86 valence electrons. The highest BCUT2D eigenvalue weighted by molar-refractivity contribution is 7.13. The van der Waals surface area contributed by atoms with Crippen LogP contribution in [0, 0.1) is 0 Å². The minimum Gasteiger partial charge on any atom is -0.320 e. The van der Waals surface area contributed by atoms with Gasteiger partial charge in [0.1, 0.15) is 0 Å². The summed E-state index contributed by atoms with van der Waals surface area (Å²) in [5.41, 5.74) is 6.44. The number of anilines is 1. The molecule has 15 heavy (non-hydrogen) atoms. The Bertz CT molecular complexity index is 314. The fraction of sp³-hybridized carbons (Fsp3) is 0.556. The normalized spacial score (nSPS) is 11.7. The number of hydrogen-bond acceptors (Lipinski definition) is 4. The summed E-state index contributed by atoms with van der Waals surface area (Å²) in [6.07, 6.45) is 2.01. The Morgan fingerprint density at radius 3 is 2.93 bits per heavy atom. The number of thiazole rings is 1. The van der Waals surface area contributed by atoms with Gasteiger partial charge in [0.15, 0.2) is 5.13 Å². The topological polar surface area (TPSA) is 68.0 Å². The molecule has 0 unspecified atom stereocenters. The zero-order valence-corrected chi connectivity index (χ0v) is 10.5. The molecule has 0 saturated carbocycles. The smallest absolute Gasteiger partial charge is 0.242 e. The third-order valence-corrected chi connectivity index (χ3v) is 2.51. The molecule has 1 rings (SSSR count). The van der Waals surface area contributed by atoms with Crippen molar-refractivity contribution < 1.29 is 4.79 Å². The van der Waals surface area contributed by atoms with Gasteiger partial charge in [-0.1, -0.05) is 13.3 Å². The molecule has 3 N–H and O–H groups in total. The van der Waals surface area contributed by atoms with Gasteiger partial charge in [0.2, 0.25) is 5.91 Å². The quantitative estimate of drug-likeness (QED) is 0.855. The van der Waals surface area contributed by atoms with E-state index in [1.165, 1.54) is 11.3 Å². The van der Waals surface area contributed by atoms with E-state index in [0.717, 1.165) is 18.5 Å². The zero-order valence-electron chi connectivity index (χ0n) is 8.82. The lowest BCUT2D eigenvalue weighted by molar-refractivity contribution is -0.117. The SMILES string of the molecule is CCCc1csc(NC(=O)[C@@H](C)N)n1.Cl. The van der Waals surface area contributed by atoms with Crippen LogP contribution in [-0.4, -0.2) is 16.9 Å². The summed E-state index contributed by atoms with van der Waals surface area (Å²) in [5.74, 6) is -0.192. The van der Waals surface area contributed by atoms with Gasteiger partial charge in [-0.25, -0.2) is 4.98 Å². The molecule has 0 aromatic carbocycles. The van der Waals surface area contributed by atoms with Crippen LogP contribution >= 0.6 is 23.7 Å². The predicted molar refractivity (Wildman–Crippen MR) is 65.6 cm³/mol. The first kappa shape index (κ1) is 14.3. The van der Waals surface area contributed by atoms with Crippen molar-refractivity contribution in [1.82, 2.24) is 4.98 Å². The van der Waals surface area contributed by atoms with Crippen LogP contribution in [0.25, 0.3) is 0 Å². The summed E-state index contributed by atoms with van der Waals surface area (Å²) in [4.78, 5) is 15.5. The van der Waals surface area contributed by atoms with E-state index in [1.54, 1.807) is 6.92 Å². The van der Waals surface area contributed by atoms with E-state index in [9.17, 15) is 4.79 Å². The van der Waals surface area contributed by atoms with Gasteiger partial charge in [0, 0.05) is 5.38 Å². The van der Waals surface area contributed by atoms with Crippen molar-refractivity contribution in [1.29, 1.82) is 0 Å². The van der Waals surface area contributed by atoms with Crippen molar-refractivity contribution in [2.24, 2.45) is 5.73 Å². The number of hydrogen-bond donors (Lipinski definition) is 2. The summed E-state index contributed by atoms with van der Waals surface area (Å²) in [6, 6.07) is -0.492. The minimum atomic E-state index is -0.492. The van der Waals surface area contributed by atoms with Gasteiger partial charge in [-0.05, 0) is 13.3 Å². The molecule has 0 spiro atoms. The molecule has 1 amide bonds. The van der Waals surface area contributed by atoms with E-state index in [1.807, 2.05) is 5.38 Å². The first-order valence-corrected chi connectivity index (χ1v) is 5.52. The first-order valence-electron chi connectivity index (χ1n) is 4.64. The van der Waals surface area contributed by atoms with Gasteiger partial charge in [-0.3, -0.25) is 4.79 Å². The number of aromatic nitrogens is 1. The van der Waals surface area contributed by atoms with Crippen molar-refractivity contribution in [2.45, 2.75) is 32.7 Å². The lowest BCUT2D eigenvalue weighted by Crippen LogP contribution is -2.32. The number of nitrogens with zero attached hydrogens (tertiary/aromatic N) is 1. The maximum Gasteiger partial charge on any atom is 0.242 e. The number of aryl methyl sites for hydroxylation is 1. The molecular weight excluding hydrogens is 234 g/mol. The van der Waals surface area contributed by atoms with E-state index in [-0.39, 0.29) is 18.3 Å². The molecular formula is C9H16ClN3OS. The van der Waals surface area contributed by atoms with Crippen molar-refractivity contribution in [3.05, 3.63) is 11.1 Å². The van der Waals surface area contributed by atoms with Crippen molar-refractivity contribution >= 4 is 34.8 Å². The van der Waals surface area contributed by atoms with Crippen LogP contribution < -0.4 is 11.1 Å². The lowest BCUT2D eigenvalue weighted by atomic mass is 10.3. The summed E-state index contributed by atoms with van der Waals surface area (Å²) < 4.78 is 0. The Morgan fingerprint density at radius 1 is 1.73 bits per heavy atom.